The molecule has 0 spiro atoms. The smallest absolute Gasteiger partial charge is 0.544 e. The van der Waals surface area contributed by atoms with E-state index in [0.29, 0.717) is 19.3 Å². The molecule has 0 aromatic carbocycles. The first-order valence-electron chi connectivity index (χ1n) is 10.6. The minimum atomic E-state index is -1.32. The van der Waals surface area contributed by atoms with Crippen molar-refractivity contribution in [3.05, 3.63) is 12.7 Å². The van der Waals surface area contributed by atoms with Crippen molar-refractivity contribution in [3.63, 3.8) is 0 Å². The van der Waals surface area contributed by atoms with Gasteiger partial charge in [-0.2, -0.15) is 0 Å². The summed E-state index contributed by atoms with van der Waals surface area (Å²) in [6.45, 7) is 7.17. The van der Waals surface area contributed by atoms with Crippen LogP contribution in [0.3, 0.4) is 0 Å². The maximum atomic E-state index is 12.1. The van der Waals surface area contributed by atoms with E-state index in [4.69, 9.17) is 0 Å². The van der Waals surface area contributed by atoms with Crippen LogP contribution in [0.2, 0.25) is 0 Å². The van der Waals surface area contributed by atoms with Crippen LogP contribution < -0.4 is 29.3 Å². The van der Waals surface area contributed by atoms with E-state index < -0.39 is 24.0 Å². The summed E-state index contributed by atoms with van der Waals surface area (Å²) < 4.78 is -0.327. The third-order valence-electron chi connectivity index (χ3n) is 5.35. The van der Waals surface area contributed by atoms with Gasteiger partial charge in [-0.15, -0.1) is 6.58 Å². The van der Waals surface area contributed by atoms with Gasteiger partial charge in [-0.1, -0.05) is 26.3 Å². The van der Waals surface area contributed by atoms with Crippen LogP contribution in [-0.2, 0) is 14.4 Å². The number of amides is 1. The summed E-state index contributed by atoms with van der Waals surface area (Å²) in [5.74, 6) is -2.57. The molecule has 0 saturated carbocycles. The minimum Gasteiger partial charge on any atom is -0.544 e. The van der Waals surface area contributed by atoms with Gasteiger partial charge in [-0.25, -0.2) is 4.79 Å². The van der Waals surface area contributed by atoms with Crippen molar-refractivity contribution in [3.8, 4) is 0 Å². The zero-order valence-electron chi connectivity index (χ0n) is 18.9. The Morgan fingerprint density at radius 1 is 1.10 bits per heavy atom. The number of carboxylic acid groups (broad SMARTS) is 2. The van der Waals surface area contributed by atoms with Gasteiger partial charge in [0.1, 0.15) is 12.6 Å². The number of unbranched alkanes of at least 4 members (excludes halogenated alkanes) is 2. The summed E-state index contributed by atoms with van der Waals surface area (Å²) >= 11 is 0. The molecule has 0 aromatic rings. The van der Waals surface area contributed by atoms with Gasteiger partial charge in [0.15, 0.2) is 6.04 Å². The molecule has 1 amide bonds. The summed E-state index contributed by atoms with van der Waals surface area (Å²) in [6.07, 6.45) is 6.19. The minimum absolute atomic E-state index is 0. The first kappa shape index (κ1) is 30.9. The van der Waals surface area contributed by atoms with Gasteiger partial charge in [0.2, 0.25) is 5.91 Å². The molecule has 0 aliphatic heterocycles. The van der Waals surface area contributed by atoms with Crippen molar-refractivity contribution in [1.82, 2.24) is 5.32 Å². The van der Waals surface area contributed by atoms with Crippen LogP contribution in [-0.4, -0.2) is 70.9 Å². The number of rotatable bonds is 18. The Labute approximate surface area is 192 Å². The van der Waals surface area contributed by atoms with E-state index in [1.165, 1.54) is 0 Å². The largest absolute Gasteiger partial charge is 1.00 e. The van der Waals surface area contributed by atoms with Gasteiger partial charge >= 0.3 is 24.8 Å². The van der Waals surface area contributed by atoms with E-state index >= 15 is 0 Å². The zero-order valence-corrected chi connectivity index (χ0v) is 18.9. The van der Waals surface area contributed by atoms with Crippen LogP contribution in [0.25, 0.3) is 0 Å². The normalized spacial score (nSPS) is 14.6. The first-order valence-corrected chi connectivity index (χ1v) is 10.6. The zero-order chi connectivity index (χ0) is 22.3. The number of carbonyl (C=O) groups is 3. The van der Waals surface area contributed by atoms with Gasteiger partial charge in [0.05, 0.1) is 25.7 Å². The second kappa shape index (κ2) is 17.4. The van der Waals surface area contributed by atoms with Crippen molar-refractivity contribution < 1.29 is 53.0 Å². The molecular weight excluding hydrogens is 383 g/mol. The average molecular weight is 421 g/mol. The number of aliphatic hydroxyl groups excluding tert-OH is 1. The van der Waals surface area contributed by atoms with Crippen molar-refractivity contribution in [1.29, 1.82) is 0 Å². The molecule has 0 rings (SSSR count). The SMILES string of the molecule is C=CCCCCC(=O)NCC[N+](CCO)(C(CCC)C(=O)[O-])C(CCC)C(=O)O.[Li+]. The van der Waals surface area contributed by atoms with E-state index in [-0.39, 0.29) is 68.3 Å². The molecule has 3 unspecified atom stereocenters. The maximum absolute atomic E-state index is 12.1. The number of nitrogens with one attached hydrogen (secondary N) is 1. The van der Waals surface area contributed by atoms with Crippen molar-refractivity contribution in [2.75, 3.05) is 26.2 Å². The fraction of sp³-hybridized carbons (Fsp3) is 0.762. The Bertz CT molecular complexity index is 506. The number of aliphatic hydroxyl groups is 1. The average Bonchev–Trinajstić information content (AvgIpc) is 2.66. The number of aliphatic carboxylic acids is 2. The number of nitrogens with zero attached hydrogens (tertiary/aromatic N) is 1. The maximum Gasteiger partial charge on any atom is 1.00 e. The Kier molecular flexibility index (Phi) is 17.9. The van der Waals surface area contributed by atoms with Crippen LogP contribution in [0.1, 0.15) is 65.2 Å². The molecule has 0 aliphatic carbocycles. The third-order valence-corrected chi connectivity index (χ3v) is 5.35. The number of carboxylic acids is 2. The number of carbonyl (C=O) groups excluding carboxylic acids is 2. The Balaban J connectivity index is 0. The Hall–Kier alpha value is -1.33. The van der Waals surface area contributed by atoms with Crippen LogP contribution >= 0.6 is 0 Å². The van der Waals surface area contributed by atoms with Gasteiger partial charge in [0.25, 0.3) is 0 Å². The molecule has 8 nitrogen and oxygen atoms in total. The molecule has 0 bridgehead atoms. The molecule has 0 aromatic heterocycles. The second-order valence-corrected chi connectivity index (χ2v) is 7.42. The van der Waals surface area contributed by atoms with Gasteiger partial charge in [-0.05, 0) is 25.7 Å². The van der Waals surface area contributed by atoms with E-state index in [2.05, 4.69) is 11.9 Å². The summed E-state index contributed by atoms with van der Waals surface area (Å²) in [5, 5.41) is 34.2. The van der Waals surface area contributed by atoms with Crippen LogP contribution in [0, 0.1) is 0 Å². The topological polar surface area (TPSA) is 127 Å². The number of hydrogen-bond acceptors (Lipinski definition) is 5. The van der Waals surface area contributed by atoms with E-state index in [1.54, 1.807) is 6.08 Å². The third kappa shape index (κ3) is 10.1. The van der Waals surface area contributed by atoms with Crippen molar-refractivity contribution in [2.45, 2.75) is 77.3 Å². The molecule has 9 heteroatoms. The van der Waals surface area contributed by atoms with Crippen LogP contribution in [0.4, 0.5) is 0 Å². The number of hydrogen-bond donors (Lipinski definition) is 3. The second-order valence-electron chi connectivity index (χ2n) is 7.42. The molecule has 0 fully saturated rings. The summed E-state index contributed by atoms with van der Waals surface area (Å²) in [5.41, 5.74) is 0. The predicted octanol–water partition coefficient (Wildman–Crippen LogP) is -2.17. The molecule has 30 heavy (non-hydrogen) atoms. The molecule has 0 radical (unpaired) electrons. The van der Waals surface area contributed by atoms with Gasteiger partial charge in [-0.3, -0.25) is 4.79 Å². The monoisotopic (exact) mass is 421 g/mol. The Morgan fingerprint density at radius 3 is 2.17 bits per heavy atom. The standard InChI is InChI=1S/C21H38N2O6.Li/c1-4-7-8-9-12-19(25)22-13-14-23(15-16-24,17(10-5-2)20(26)27)18(11-6-3)21(28)29;/h4,17-18,24H,1,5-16H2,2-3H3,(H2-,22,25,26,27,28,29);/q;+1. The van der Waals surface area contributed by atoms with E-state index in [0.717, 1.165) is 19.3 Å². The van der Waals surface area contributed by atoms with Gasteiger partial charge < -0.3 is 29.9 Å². The fourth-order valence-corrected chi connectivity index (χ4v) is 3.94. The molecule has 0 aliphatic rings. The molecule has 3 N–H and O–H groups in total. The van der Waals surface area contributed by atoms with Crippen LogP contribution in [0.5, 0.6) is 0 Å². The summed E-state index contributed by atoms with van der Waals surface area (Å²) in [6, 6.07) is -2.06. The number of quaternary nitrogens is 1. The molecule has 3 atom stereocenters. The quantitative estimate of drug-likeness (QED) is 0.100. The molecule has 168 valence electrons. The number of allylic oxidation sites excluding steroid dienone is 1. The summed E-state index contributed by atoms with van der Waals surface area (Å²) in [4.78, 5) is 36.1. The molecular formula is C21H38LiN2O6+. The molecule has 0 saturated heterocycles. The fourth-order valence-electron chi connectivity index (χ4n) is 3.94. The van der Waals surface area contributed by atoms with Crippen LogP contribution in [0.15, 0.2) is 12.7 Å². The molecule has 0 heterocycles. The predicted molar refractivity (Wildman–Crippen MR) is 109 cm³/mol. The van der Waals surface area contributed by atoms with Crippen molar-refractivity contribution >= 4 is 17.8 Å². The summed E-state index contributed by atoms with van der Waals surface area (Å²) in [7, 11) is 0. The van der Waals surface area contributed by atoms with Gasteiger partial charge in [0, 0.05) is 19.3 Å². The van der Waals surface area contributed by atoms with Crippen molar-refractivity contribution in [2.24, 2.45) is 0 Å². The van der Waals surface area contributed by atoms with E-state index in [1.807, 2.05) is 13.8 Å². The first-order chi connectivity index (χ1) is 13.8. The Morgan fingerprint density at radius 2 is 1.70 bits per heavy atom. The van der Waals surface area contributed by atoms with E-state index in [9.17, 15) is 29.7 Å².